The molecule has 2 aromatic carbocycles. The molecule has 0 bridgehead atoms. The quantitative estimate of drug-likeness (QED) is 0.796. The summed E-state index contributed by atoms with van der Waals surface area (Å²) in [5.74, 6) is 0. The molecule has 2 nitrogen and oxygen atoms in total. The first-order valence-corrected chi connectivity index (χ1v) is 7.14. The lowest BCUT2D eigenvalue weighted by Crippen LogP contribution is -1.95. The summed E-state index contributed by atoms with van der Waals surface area (Å²) in [5, 5.41) is 19.6. The predicted octanol–water partition coefficient (Wildman–Crippen LogP) is 5.11. The predicted molar refractivity (Wildman–Crippen MR) is 87.0 cm³/mol. The molecular formula is C17H13Cl2NO. The number of aliphatic hydroxyl groups is 1. The zero-order chi connectivity index (χ0) is 15.2. The third-order valence-electron chi connectivity index (χ3n) is 3.02. The summed E-state index contributed by atoms with van der Waals surface area (Å²) in [4.78, 5) is 0. The van der Waals surface area contributed by atoms with Crippen LogP contribution in [0.5, 0.6) is 0 Å². The molecule has 0 aromatic heterocycles. The fraction of sp³-hybridized carbons (Fsp3) is 0.118. The molecule has 0 amide bonds. The average molecular weight is 318 g/mol. The minimum absolute atomic E-state index is 0.0729. The lowest BCUT2D eigenvalue weighted by molar-refractivity contribution is 0.183. The Labute approximate surface area is 133 Å². The summed E-state index contributed by atoms with van der Waals surface area (Å²) < 4.78 is 0. The summed E-state index contributed by atoms with van der Waals surface area (Å²) in [5.41, 5.74) is 2.37. The molecule has 0 spiro atoms. The van der Waals surface area contributed by atoms with Crippen LogP contribution in [-0.4, -0.2) is 5.11 Å². The van der Waals surface area contributed by atoms with Crippen LogP contribution in [0.25, 0.3) is 12.2 Å². The number of aliphatic hydroxyl groups excluding tert-OH is 1. The van der Waals surface area contributed by atoms with E-state index >= 15 is 0 Å². The number of nitriles is 1. The highest BCUT2D eigenvalue weighted by Crippen LogP contribution is 2.26. The number of hydrogen-bond acceptors (Lipinski definition) is 2. The average Bonchev–Trinajstić information content (AvgIpc) is 2.47. The summed E-state index contributed by atoms with van der Waals surface area (Å²) in [6.07, 6.45) is 3.01. The van der Waals surface area contributed by atoms with Gasteiger partial charge in [0.25, 0.3) is 0 Å². The molecule has 106 valence electrons. The van der Waals surface area contributed by atoms with E-state index in [0.717, 1.165) is 11.1 Å². The molecule has 4 heteroatoms. The van der Waals surface area contributed by atoms with Gasteiger partial charge in [0.1, 0.15) is 0 Å². The zero-order valence-corrected chi connectivity index (χ0v) is 12.6. The molecule has 0 aliphatic heterocycles. The summed E-state index contributed by atoms with van der Waals surface area (Å²) in [6.45, 7) is 0. The SMILES string of the molecule is N#CCC(O)c1cccc(C=Cc2c(Cl)cccc2Cl)c1. The Morgan fingerprint density at radius 3 is 2.43 bits per heavy atom. The van der Waals surface area contributed by atoms with E-state index in [2.05, 4.69) is 0 Å². The van der Waals surface area contributed by atoms with E-state index in [1.165, 1.54) is 0 Å². The van der Waals surface area contributed by atoms with Crippen LogP contribution in [-0.2, 0) is 0 Å². The van der Waals surface area contributed by atoms with Gasteiger partial charge in [-0.1, -0.05) is 59.6 Å². The molecule has 1 atom stereocenters. The van der Waals surface area contributed by atoms with Gasteiger partial charge in [-0.3, -0.25) is 0 Å². The van der Waals surface area contributed by atoms with Crippen molar-refractivity contribution in [3.8, 4) is 6.07 Å². The van der Waals surface area contributed by atoms with Gasteiger partial charge in [-0.2, -0.15) is 5.26 Å². The van der Waals surface area contributed by atoms with Gasteiger partial charge in [0.05, 0.1) is 18.6 Å². The van der Waals surface area contributed by atoms with Gasteiger partial charge >= 0.3 is 0 Å². The van der Waals surface area contributed by atoms with Crippen molar-refractivity contribution in [1.29, 1.82) is 5.26 Å². The minimum atomic E-state index is -0.771. The van der Waals surface area contributed by atoms with Gasteiger partial charge in [-0.25, -0.2) is 0 Å². The molecule has 1 N–H and O–H groups in total. The van der Waals surface area contributed by atoms with Crippen molar-refractivity contribution in [1.82, 2.24) is 0 Å². The Bertz CT molecular complexity index is 684. The third kappa shape index (κ3) is 4.09. The fourth-order valence-electron chi connectivity index (χ4n) is 1.92. The van der Waals surface area contributed by atoms with Crippen LogP contribution < -0.4 is 0 Å². The van der Waals surface area contributed by atoms with E-state index < -0.39 is 6.10 Å². The van der Waals surface area contributed by atoms with Crippen molar-refractivity contribution in [3.05, 3.63) is 69.2 Å². The summed E-state index contributed by atoms with van der Waals surface area (Å²) >= 11 is 12.2. The molecule has 2 rings (SSSR count). The second kappa shape index (κ2) is 7.28. The highest BCUT2D eigenvalue weighted by Gasteiger charge is 2.06. The Kier molecular flexibility index (Phi) is 5.41. The van der Waals surface area contributed by atoms with Crippen LogP contribution in [0.4, 0.5) is 0 Å². The number of rotatable bonds is 4. The molecule has 1 unspecified atom stereocenters. The van der Waals surface area contributed by atoms with E-state index in [9.17, 15) is 5.11 Å². The maximum atomic E-state index is 9.83. The van der Waals surface area contributed by atoms with Crippen LogP contribution >= 0.6 is 23.2 Å². The Morgan fingerprint density at radius 2 is 1.76 bits per heavy atom. The van der Waals surface area contributed by atoms with E-state index in [0.29, 0.717) is 15.6 Å². The number of benzene rings is 2. The highest BCUT2D eigenvalue weighted by molar-refractivity contribution is 6.37. The van der Waals surface area contributed by atoms with Crippen molar-refractivity contribution in [2.24, 2.45) is 0 Å². The molecule has 0 radical (unpaired) electrons. The first-order chi connectivity index (χ1) is 10.1. The first kappa shape index (κ1) is 15.6. The van der Waals surface area contributed by atoms with Gasteiger partial charge in [0.15, 0.2) is 0 Å². The lowest BCUT2D eigenvalue weighted by atomic mass is 10.0. The van der Waals surface area contributed by atoms with Crippen LogP contribution in [0, 0.1) is 11.3 Å². The molecule has 0 aliphatic carbocycles. The number of nitrogens with zero attached hydrogens (tertiary/aromatic N) is 1. The second-order valence-electron chi connectivity index (χ2n) is 4.52. The third-order valence-corrected chi connectivity index (χ3v) is 3.68. The van der Waals surface area contributed by atoms with Gasteiger partial charge < -0.3 is 5.11 Å². The fourth-order valence-corrected chi connectivity index (χ4v) is 2.45. The first-order valence-electron chi connectivity index (χ1n) is 6.39. The van der Waals surface area contributed by atoms with Crippen LogP contribution in [0.15, 0.2) is 42.5 Å². The summed E-state index contributed by atoms with van der Waals surface area (Å²) in [6, 6.07) is 14.7. The molecular weight excluding hydrogens is 305 g/mol. The molecule has 0 saturated carbocycles. The van der Waals surface area contributed by atoms with Crippen LogP contribution in [0.1, 0.15) is 29.2 Å². The minimum Gasteiger partial charge on any atom is -0.387 e. The Hall–Kier alpha value is -1.79. The van der Waals surface area contributed by atoms with Crippen molar-refractivity contribution in [2.75, 3.05) is 0 Å². The van der Waals surface area contributed by atoms with Crippen molar-refractivity contribution in [3.63, 3.8) is 0 Å². The van der Waals surface area contributed by atoms with Gasteiger partial charge in [-0.15, -0.1) is 0 Å². The van der Waals surface area contributed by atoms with Crippen LogP contribution in [0.3, 0.4) is 0 Å². The van der Waals surface area contributed by atoms with Gasteiger partial charge in [0.2, 0.25) is 0 Å². The monoisotopic (exact) mass is 317 g/mol. The van der Waals surface area contributed by atoms with Crippen molar-refractivity contribution < 1.29 is 5.11 Å². The largest absolute Gasteiger partial charge is 0.387 e. The zero-order valence-electron chi connectivity index (χ0n) is 11.1. The van der Waals surface area contributed by atoms with Crippen LogP contribution in [0.2, 0.25) is 10.0 Å². The van der Waals surface area contributed by atoms with Crippen molar-refractivity contribution >= 4 is 35.4 Å². The standard InChI is InChI=1S/C17H13Cl2NO/c18-15-5-2-6-16(19)14(15)8-7-12-3-1-4-13(11-12)17(21)9-10-20/h1-8,11,17,21H,9H2. The van der Waals surface area contributed by atoms with E-state index in [4.69, 9.17) is 28.5 Å². The normalized spacial score (nSPS) is 12.3. The Balaban J connectivity index is 2.26. The molecule has 0 heterocycles. The van der Waals surface area contributed by atoms with Crippen molar-refractivity contribution in [2.45, 2.75) is 12.5 Å². The lowest BCUT2D eigenvalue weighted by Gasteiger charge is -2.07. The highest BCUT2D eigenvalue weighted by atomic mass is 35.5. The maximum absolute atomic E-state index is 9.83. The number of halogens is 2. The molecule has 0 aliphatic rings. The van der Waals surface area contributed by atoms with E-state index in [1.807, 2.05) is 36.4 Å². The van der Waals surface area contributed by atoms with Gasteiger partial charge in [0, 0.05) is 15.6 Å². The summed E-state index contributed by atoms with van der Waals surface area (Å²) in [7, 11) is 0. The molecule has 2 aromatic rings. The van der Waals surface area contributed by atoms with Gasteiger partial charge in [-0.05, 0) is 29.3 Å². The van der Waals surface area contributed by atoms with E-state index in [-0.39, 0.29) is 6.42 Å². The maximum Gasteiger partial charge on any atom is 0.0920 e. The number of hydrogen-bond donors (Lipinski definition) is 1. The van der Waals surface area contributed by atoms with E-state index in [1.54, 1.807) is 24.3 Å². The molecule has 0 fully saturated rings. The smallest absolute Gasteiger partial charge is 0.0920 e. The topological polar surface area (TPSA) is 44.0 Å². The Morgan fingerprint density at radius 1 is 1.10 bits per heavy atom. The molecule has 0 saturated heterocycles. The second-order valence-corrected chi connectivity index (χ2v) is 5.33. The molecule has 21 heavy (non-hydrogen) atoms.